The monoisotopic (exact) mass is 207 g/mol. The van der Waals surface area contributed by atoms with Crippen molar-refractivity contribution in [1.29, 1.82) is 0 Å². The Bertz CT molecular complexity index is 371. The lowest BCUT2D eigenvalue weighted by Crippen LogP contribution is -2.19. The first kappa shape index (κ1) is 11.7. The van der Waals surface area contributed by atoms with E-state index in [1.54, 1.807) is 0 Å². The summed E-state index contributed by atoms with van der Waals surface area (Å²) in [6.45, 7) is 10.2. The van der Waals surface area contributed by atoms with E-state index < -0.39 is 0 Å². The maximum Gasteiger partial charge on any atom is 0.0423 e. The normalized spacial score (nSPS) is 11.8. The van der Waals surface area contributed by atoms with Gasteiger partial charge < -0.3 is 17.2 Å². The molecule has 0 aliphatic heterocycles. The summed E-state index contributed by atoms with van der Waals surface area (Å²) in [5.74, 6) is 0. The summed E-state index contributed by atoms with van der Waals surface area (Å²) in [5, 5.41) is 0. The standard InChI is InChI=1S/C12H21N3/c1-6-9(13)7(2)11(15)8(10(6)14)12(3,4)5/h13-15H2,1-5H3. The molecular weight excluding hydrogens is 186 g/mol. The minimum absolute atomic E-state index is 0.0581. The number of anilines is 3. The number of nitrogen functional groups attached to an aromatic ring is 3. The highest BCUT2D eigenvalue weighted by atomic mass is 14.7. The molecule has 15 heavy (non-hydrogen) atoms. The van der Waals surface area contributed by atoms with E-state index in [1.807, 2.05) is 13.8 Å². The average molecular weight is 207 g/mol. The van der Waals surface area contributed by atoms with Gasteiger partial charge in [-0.1, -0.05) is 20.8 Å². The van der Waals surface area contributed by atoms with Crippen molar-refractivity contribution in [3.05, 3.63) is 16.7 Å². The quantitative estimate of drug-likeness (QED) is 0.571. The molecule has 0 saturated heterocycles. The summed E-state index contributed by atoms with van der Waals surface area (Å²) in [4.78, 5) is 0. The number of benzene rings is 1. The second-order valence-corrected chi connectivity index (χ2v) is 5.12. The van der Waals surface area contributed by atoms with Gasteiger partial charge in [-0.2, -0.15) is 0 Å². The molecule has 0 amide bonds. The predicted molar refractivity (Wildman–Crippen MR) is 67.9 cm³/mol. The topological polar surface area (TPSA) is 78.1 Å². The zero-order chi connectivity index (χ0) is 12.0. The molecule has 0 radical (unpaired) electrons. The van der Waals surface area contributed by atoms with Crippen LogP contribution in [0.15, 0.2) is 0 Å². The molecule has 0 bridgehead atoms. The number of hydrogen-bond acceptors (Lipinski definition) is 3. The smallest absolute Gasteiger partial charge is 0.0423 e. The molecule has 6 N–H and O–H groups in total. The van der Waals surface area contributed by atoms with Crippen molar-refractivity contribution in [2.24, 2.45) is 0 Å². The zero-order valence-corrected chi connectivity index (χ0v) is 10.2. The Morgan fingerprint density at radius 3 is 1.33 bits per heavy atom. The molecule has 0 spiro atoms. The maximum absolute atomic E-state index is 6.08. The maximum atomic E-state index is 6.08. The number of nitrogens with two attached hydrogens (primary N) is 3. The van der Waals surface area contributed by atoms with Gasteiger partial charge in [0, 0.05) is 22.6 Å². The molecule has 0 saturated carbocycles. The van der Waals surface area contributed by atoms with Gasteiger partial charge in [-0.05, 0) is 30.4 Å². The van der Waals surface area contributed by atoms with Crippen LogP contribution in [0.5, 0.6) is 0 Å². The predicted octanol–water partition coefficient (Wildman–Crippen LogP) is 2.35. The minimum Gasteiger partial charge on any atom is -0.398 e. The Morgan fingerprint density at radius 2 is 1.07 bits per heavy atom. The molecule has 0 fully saturated rings. The van der Waals surface area contributed by atoms with Crippen LogP contribution in [-0.4, -0.2) is 0 Å². The van der Waals surface area contributed by atoms with Gasteiger partial charge >= 0.3 is 0 Å². The molecule has 84 valence electrons. The summed E-state index contributed by atoms with van der Waals surface area (Å²) in [5.41, 5.74) is 23.1. The van der Waals surface area contributed by atoms with Crippen molar-refractivity contribution >= 4 is 17.1 Å². The van der Waals surface area contributed by atoms with E-state index in [-0.39, 0.29) is 5.41 Å². The second-order valence-electron chi connectivity index (χ2n) is 5.12. The molecule has 3 nitrogen and oxygen atoms in total. The van der Waals surface area contributed by atoms with Crippen LogP contribution in [0.25, 0.3) is 0 Å². The Labute approximate surface area is 91.6 Å². The Kier molecular flexibility index (Phi) is 2.60. The number of hydrogen-bond donors (Lipinski definition) is 3. The van der Waals surface area contributed by atoms with Crippen LogP contribution in [0.1, 0.15) is 37.5 Å². The molecular formula is C12H21N3. The van der Waals surface area contributed by atoms with E-state index in [0.29, 0.717) is 5.69 Å². The first-order valence-electron chi connectivity index (χ1n) is 5.12. The van der Waals surface area contributed by atoms with Crippen molar-refractivity contribution in [2.75, 3.05) is 17.2 Å². The molecule has 0 aliphatic carbocycles. The van der Waals surface area contributed by atoms with Gasteiger partial charge in [-0.3, -0.25) is 0 Å². The first-order chi connectivity index (χ1) is 6.68. The van der Waals surface area contributed by atoms with Crippen LogP contribution in [0, 0.1) is 13.8 Å². The lowest BCUT2D eigenvalue weighted by molar-refractivity contribution is 0.594. The third-order valence-corrected chi connectivity index (χ3v) is 2.90. The van der Waals surface area contributed by atoms with Crippen LogP contribution in [0.4, 0.5) is 17.1 Å². The molecule has 1 aromatic carbocycles. The van der Waals surface area contributed by atoms with Crippen LogP contribution in [0.3, 0.4) is 0 Å². The zero-order valence-electron chi connectivity index (χ0n) is 10.2. The summed E-state index contributed by atoms with van der Waals surface area (Å²) < 4.78 is 0. The Balaban J connectivity index is 3.68. The molecule has 1 rings (SSSR count). The van der Waals surface area contributed by atoms with Gasteiger partial charge in [0.1, 0.15) is 0 Å². The fourth-order valence-corrected chi connectivity index (χ4v) is 1.90. The van der Waals surface area contributed by atoms with Crippen LogP contribution >= 0.6 is 0 Å². The van der Waals surface area contributed by atoms with E-state index >= 15 is 0 Å². The first-order valence-corrected chi connectivity index (χ1v) is 5.12. The summed E-state index contributed by atoms with van der Waals surface area (Å²) in [7, 11) is 0. The molecule has 0 aliphatic rings. The highest BCUT2D eigenvalue weighted by molar-refractivity contribution is 5.79. The van der Waals surface area contributed by atoms with Crippen molar-refractivity contribution in [1.82, 2.24) is 0 Å². The lowest BCUT2D eigenvalue weighted by Gasteiger charge is -2.27. The third-order valence-electron chi connectivity index (χ3n) is 2.90. The van der Waals surface area contributed by atoms with Crippen LogP contribution in [0.2, 0.25) is 0 Å². The van der Waals surface area contributed by atoms with E-state index in [0.717, 1.165) is 28.1 Å². The van der Waals surface area contributed by atoms with Gasteiger partial charge in [0.15, 0.2) is 0 Å². The molecule has 0 heterocycles. The Morgan fingerprint density at radius 1 is 0.733 bits per heavy atom. The fraction of sp³-hybridized carbons (Fsp3) is 0.500. The number of rotatable bonds is 0. The van der Waals surface area contributed by atoms with Gasteiger partial charge in [-0.25, -0.2) is 0 Å². The van der Waals surface area contributed by atoms with Gasteiger partial charge in [0.25, 0.3) is 0 Å². The third kappa shape index (κ3) is 1.74. The van der Waals surface area contributed by atoms with Crippen LogP contribution < -0.4 is 17.2 Å². The van der Waals surface area contributed by atoms with Crippen molar-refractivity contribution in [2.45, 2.75) is 40.0 Å². The molecule has 0 aromatic heterocycles. The van der Waals surface area contributed by atoms with Gasteiger partial charge in [0.2, 0.25) is 0 Å². The van der Waals surface area contributed by atoms with Gasteiger partial charge in [0.05, 0.1) is 0 Å². The van der Waals surface area contributed by atoms with Crippen molar-refractivity contribution in [3.8, 4) is 0 Å². The SMILES string of the molecule is Cc1c(N)c(C)c(N)c(C(C)(C)C)c1N. The lowest BCUT2D eigenvalue weighted by atomic mass is 9.81. The van der Waals surface area contributed by atoms with E-state index in [4.69, 9.17) is 17.2 Å². The molecule has 0 atom stereocenters. The summed E-state index contributed by atoms with van der Waals surface area (Å²) in [6.07, 6.45) is 0. The molecule has 1 aromatic rings. The van der Waals surface area contributed by atoms with Crippen molar-refractivity contribution < 1.29 is 0 Å². The molecule has 3 heteroatoms. The largest absolute Gasteiger partial charge is 0.398 e. The highest BCUT2D eigenvalue weighted by Gasteiger charge is 2.24. The average Bonchev–Trinajstić information content (AvgIpc) is 2.09. The summed E-state index contributed by atoms with van der Waals surface area (Å²) in [6, 6.07) is 0. The van der Waals surface area contributed by atoms with E-state index in [9.17, 15) is 0 Å². The van der Waals surface area contributed by atoms with Crippen LogP contribution in [-0.2, 0) is 5.41 Å². The Hall–Kier alpha value is -1.38. The van der Waals surface area contributed by atoms with E-state index in [1.165, 1.54) is 0 Å². The van der Waals surface area contributed by atoms with E-state index in [2.05, 4.69) is 20.8 Å². The highest BCUT2D eigenvalue weighted by Crippen LogP contribution is 2.40. The van der Waals surface area contributed by atoms with Gasteiger partial charge in [-0.15, -0.1) is 0 Å². The summed E-state index contributed by atoms with van der Waals surface area (Å²) >= 11 is 0. The van der Waals surface area contributed by atoms with Crippen molar-refractivity contribution in [3.63, 3.8) is 0 Å². The fourth-order valence-electron chi connectivity index (χ4n) is 1.90. The minimum atomic E-state index is -0.0581. The second kappa shape index (κ2) is 3.33. The molecule has 0 unspecified atom stereocenters.